The van der Waals surface area contributed by atoms with Crippen LogP contribution in [-0.4, -0.2) is 102 Å². The van der Waals surface area contributed by atoms with Crippen LogP contribution in [0.2, 0.25) is 0 Å². The third-order valence-electron chi connectivity index (χ3n) is 10.6. The summed E-state index contributed by atoms with van der Waals surface area (Å²) in [6, 6.07) is 16.1. The zero-order valence-corrected chi connectivity index (χ0v) is 30.4. The van der Waals surface area contributed by atoms with E-state index in [1.54, 1.807) is 17.1 Å². The van der Waals surface area contributed by atoms with Gasteiger partial charge in [0.15, 0.2) is 0 Å². The fourth-order valence-corrected chi connectivity index (χ4v) is 8.26. The first-order chi connectivity index (χ1) is 25.2. The number of hydrogen-bond acceptors (Lipinski definition) is 8. The number of methoxy groups -OCH3 is 1. The zero-order valence-electron chi connectivity index (χ0n) is 30.4. The van der Waals surface area contributed by atoms with Crippen LogP contribution in [0, 0.1) is 11.8 Å². The molecule has 2 bridgehead atoms. The van der Waals surface area contributed by atoms with Crippen molar-refractivity contribution in [2.24, 2.45) is 11.8 Å². The lowest BCUT2D eigenvalue weighted by molar-refractivity contribution is -0.163. The molecule has 3 aliphatic rings. The molecule has 5 rings (SSSR count). The Morgan fingerprint density at radius 1 is 1.12 bits per heavy atom. The number of rotatable bonds is 20. The molecule has 2 aromatic rings. The second-order valence-electron chi connectivity index (χ2n) is 14.0. The zero-order chi connectivity index (χ0) is 37.3. The van der Waals surface area contributed by atoms with Gasteiger partial charge in [-0.3, -0.25) is 19.2 Å². The van der Waals surface area contributed by atoms with E-state index in [1.165, 1.54) is 12.0 Å². The van der Waals surface area contributed by atoms with Gasteiger partial charge >= 0.3 is 5.97 Å². The van der Waals surface area contributed by atoms with Crippen molar-refractivity contribution in [1.29, 1.82) is 0 Å². The molecule has 3 saturated heterocycles. The monoisotopic (exact) mass is 715 g/mol. The molecule has 52 heavy (non-hydrogen) atoms. The van der Waals surface area contributed by atoms with E-state index < -0.39 is 59.6 Å². The van der Waals surface area contributed by atoms with Gasteiger partial charge in [-0.15, -0.1) is 13.2 Å². The van der Waals surface area contributed by atoms with E-state index in [2.05, 4.69) is 18.5 Å². The fraction of sp³-hybridized carbons (Fsp3) is 0.512. The molecule has 0 radical (unpaired) electrons. The van der Waals surface area contributed by atoms with E-state index >= 15 is 0 Å². The van der Waals surface area contributed by atoms with Crippen LogP contribution in [0.3, 0.4) is 0 Å². The Morgan fingerprint density at radius 3 is 2.46 bits per heavy atom. The molecule has 3 aliphatic heterocycles. The number of likely N-dealkylation sites (tertiary alicyclic amines) is 1. The van der Waals surface area contributed by atoms with Crippen LogP contribution in [0.5, 0.6) is 0 Å². The molecule has 2 aromatic carbocycles. The summed E-state index contributed by atoms with van der Waals surface area (Å²) in [5, 5.41) is 13.8. The van der Waals surface area contributed by atoms with Crippen LogP contribution in [-0.2, 0) is 39.8 Å². The Morgan fingerprint density at radius 2 is 1.83 bits per heavy atom. The molecule has 0 unspecified atom stereocenters. The van der Waals surface area contributed by atoms with Crippen LogP contribution < -0.4 is 5.32 Å². The molecular formula is C41H53N3O8. The van der Waals surface area contributed by atoms with Crippen LogP contribution in [0.25, 0.3) is 0 Å². The summed E-state index contributed by atoms with van der Waals surface area (Å²) in [6.07, 6.45) is 5.21. The van der Waals surface area contributed by atoms with E-state index in [0.29, 0.717) is 37.8 Å². The number of amides is 3. The van der Waals surface area contributed by atoms with Gasteiger partial charge in [0.05, 0.1) is 43.2 Å². The number of benzene rings is 2. The second-order valence-corrected chi connectivity index (χ2v) is 14.0. The Hall–Kier alpha value is -4.32. The standard InChI is InChI=1S/C41H53N3O8/c1-5-8-20-33(46)42-31(27-50-4)36(29-18-14-11-15-19-29)51-40(49)34-32-21-22-41(52-32)35(34)38(47)44(30(26-45)25-28-16-12-10-13-17-28)37(41)39(48)43(23-7-3)24-9-6-2/h5,7,10-19,30-32,34-37,45H,1,3,6,8-9,20-27H2,2,4H3,(H,42,46)/t30-,31-,32-,34+,35+,36-,37-,41+/m1/s1. The Labute approximate surface area is 307 Å². The maximum atomic E-state index is 14.9. The van der Waals surface area contributed by atoms with Crippen molar-refractivity contribution in [2.45, 2.75) is 87.8 Å². The van der Waals surface area contributed by atoms with Gasteiger partial charge in [-0.1, -0.05) is 86.2 Å². The number of fused-ring (bicyclic) bond motifs is 1. The molecule has 8 atom stereocenters. The SMILES string of the molecule is C=CCCC(=O)N[C@H](COC)[C@H](OC(=O)[C@@H]1[C@H]2C(=O)N([C@@H](CO)Cc3ccccc3)[C@H](C(=O)N(CC=C)CCCC)[C@]23CC[C@H]1O3)c1ccccc1. The van der Waals surface area contributed by atoms with Crippen molar-refractivity contribution < 1.29 is 38.5 Å². The van der Waals surface area contributed by atoms with Crippen molar-refractivity contribution in [1.82, 2.24) is 15.1 Å². The number of allylic oxidation sites excluding steroid dienone is 1. The third kappa shape index (κ3) is 8.01. The quantitative estimate of drug-likeness (QED) is 0.154. The van der Waals surface area contributed by atoms with Crippen molar-refractivity contribution in [3.63, 3.8) is 0 Å². The van der Waals surface area contributed by atoms with Crippen LogP contribution >= 0.6 is 0 Å². The molecule has 11 heteroatoms. The second kappa shape index (κ2) is 17.9. The average Bonchev–Trinajstić information content (AvgIpc) is 3.81. The predicted molar refractivity (Wildman–Crippen MR) is 196 cm³/mol. The van der Waals surface area contributed by atoms with Gasteiger partial charge in [-0.25, -0.2) is 0 Å². The summed E-state index contributed by atoms with van der Waals surface area (Å²) in [7, 11) is 1.51. The van der Waals surface area contributed by atoms with Gasteiger partial charge in [0.1, 0.15) is 17.7 Å². The third-order valence-corrected chi connectivity index (χ3v) is 10.6. The topological polar surface area (TPSA) is 135 Å². The normalized spacial score (nSPS) is 24.8. The lowest BCUT2D eigenvalue weighted by Gasteiger charge is -2.39. The first-order valence-electron chi connectivity index (χ1n) is 18.4. The first kappa shape index (κ1) is 38.9. The number of carbonyl (C=O) groups excluding carboxylic acids is 4. The number of nitrogens with zero attached hydrogens (tertiary/aromatic N) is 2. The maximum absolute atomic E-state index is 14.9. The maximum Gasteiger partial charge on any atom is 0.313 e. The number of hydrogen-bond donors (Lipinski definition) is 2. The molecule has 2 N–H and O–H groups in total. The minimum absolute atomic E-state index is 0.0580. The van der Waals surface area contributed by atoms with Crippen molar-refractivity contribution in [3.05, 3.63) is 97.1 Å². The molecule has 3 amide bonds. The van der Waals surface area contributed by atoms with Gasteiger partial charge in [-0.05, 0) is 43.2 Å². The summed E-state index contributed by atoms with van der Waals surface area (Å²) in [6.45, 7) is 10.0. The highest BCUT2D eigenvalue weighted by Crippen LogP contribution is 2.59. The van der Waals surface area contributed by atoms with Crippen molar-refractivity contribution in [2.75, 3.05) is 33.4 Å². The molecular weight excluding hydrogens is 662 g/mol. The average molecular weight is 716 g/mol. The summed E-state index contributed by atoms with van der Waals surface area (Å²) >= 11 is 0. The minimum Gasteiger partial charge on any atom is -0.455 e. The lowest BCUT2D eigenvalue weighted by atomic mass is 9.70. The number of nitrogens with one attached hydrogen (secondary N) is 1. The predicted octanol–water partition coefficient (Wildman–Crippen LogP) is 4.16. The molecule has 3 fully saturated rings. The Kier molecular flexibility index (Phi) is 13.4. The highest BCUT2D eigenvalue weighted by atomic mass is 16.6. The van der Waals surface area contributed by atoms with Gasteiger partial charge in [0.2, 0.25) is 17.7 Å². The van der Waals surface area contributed by atoms with E-state index in [-0.39, 0.29) is 38.0 Å². The molecule has 3 heterocycles. The van der Waals surface area contributed by atoms with Crippen molar-refractivity contribution in [3.8, 4) is 0 Å². The lowest BCUT2D eigenvalue weighted by Crippen LogP contribution is -2.59. The summed E-state index contributed by atoms with van der Waals surface area (Å²) in [5.74, 6) is -3.60. The molecule has 0 aliphatic carbocycles. The largest absolute Gasteiger partial charge is 0.455 e. The van der Waals surface area contributed by atoms with E-state index in [1.807, 2.05) is 67.6 Å². The van der Waals surface area contributed by atoms with E-state index in [0.717, 1.165) is 18.4 Å². The number of unbranched alkanes of at least 4 members (excludes halogenated alkanes) is 1. The number of esters is 1. The van der Waals surface area contributed by atoms with Crippen LogP contribution in [0.15, 0.2) is 86.0 Å². The summed E-state index contributed by atoms with van der Waals surface area (Å²) in [4.78, 5) is 60.3. The van der Waals surface area contributed by atoms with E-state index in [9.17, 15) is 24.3 Å². The van der Waals surface area contributed by atoms with Crippen LogP contribution in [0.1, 0.15) is 62.7 Å². The molecule has 280 valence electrons. The molecule has 0 aromatic heterocycles. The van der Waals surface area contributed by atoms with Gasteiger partial charge in [-0.2, -0.15) is 0 Å². The number of carbonyl (C=O) groups is 4. The number of ether oxygens (including phenoxy) is 3. The highest BCUT2D eigenvalue weighted by molar-refractivity contribution is 5.98. The summed E-state index contributed by atoms with van der Waals surface area (Å²) < 4.78 is 18.5. The first-order valence-corrected chi connectivity index (χ1v) is 18.4. The highest BCUT2D eigenvalue weighted by Gasteiger charge is 2.75. The van der Waals surface area contributed by atoms with Gasteiger partial charge < -0.3 is 34.4 Å². The van der Waals surface area contributed by atoms with Crippen LogP contribution in [0.4, 0.5) is 0 Å². The molecule has 11 nitrogen and oxygen atoms in total. The molecule has 1 spiro atoms. The van der Waals surface area contributed by atoms with Gasteiger partial charge in [0, 0.05) is 26.6 Å². The van der Waals surface area contributed by atoms with E-state index in [4.69, 9.17) is 14.2 Å². The number of aliphatic hydroxyl groups excluding tert-OH is 1. The molecule has 0 saturated carbocycles. The summed E-state index contributed by atoms with van der Waals surface area (Å²) in [5.41, 5.74) is 0.258. The Bertz CT molecular complexity index is 1550. The Balaban J connectivity index is 1.52. The van der Waals surface area contributed by atoms with Gasteiger partial charge in [0.25, 0.3) is 0 Å². The van der Waals surface area contributed by atoms with Crippen molar-refractivity contribution >= 4 is 23.7 Å². The fourth-order valence-electron chi connectivity index (χ4n) is 8.26. The minimum atomic E-state index is -1.29. The smallest absolute Gasteiger partial charge is 0.313 e. The number of aliphatic hydroxyl groups is 1.